The van der Waals surface area contributed by atoms with Gasteiger partial charge in [0.25, 0.3) is 0 Å². The minimum atomic E-state index is -4.56. The first-order valence-corrected chi connectivity index (χ1v) is 9.04. The minimum Gasteiger partial charge on any atom is -0.487 e. The maximum atomic E-state index is 13.4. The maximum Gasteiger partial charge on any atom is 0.418 e. The molecule has 2 aromatic carbocycles. The molecule has 0 spiro atoms. The average Bonchev–Trinajstić information content (AvgIpc) is 2.76. The highest BCUT2D eigenvalue weighted by atomic mass is 19.4. The number of fused-ring (bicyclic) bond motifs is 1. The van der Waals surface area contributed by atoms with E-state index in [2.05, 4.69) is 9.97 Å². The van der Waals surface area contributed by atoms with Crippen molar-refractivity contribution in [1.82, 2.24) is 9.97 Å². The third-order valence-corrected chi connectivity index (χ3v) is 4.59. The molecule has 4 nitrogen and oxygen atoms in total. The van der Waals surface area contributed by atoms with Crippen molar-refractivity contribution < 1.29 is 22.7 Å². The Kier molecular flexibility index (Phi) is 5.18. The van der Waals surface area contributed by atoms with Crippen molar-refractivity contribution in [2.45, 2.75) is 12.8 Å². The van der Waals surface area contributed by atoms with Crippen LogP contribution < -0.4 is 4.74 Å². The molecule has 0 fully saturated rings. The van der Waals surface area contributed by atoms with Gasteiger partial charge in [-0.3, -0.25) is 14.8 Å². The molecule has 7 heteroatoms. The first-order chi connectivity index (χ1) is 14.5. The lowest BCUT2D eigenvalue weighted by Crippen LogP contribution is -2.07. The van der Waals surface area contributed by atoms with Gasteiger partial charge in [-0.05, 0) is 35.9 Å². The molecule has 0 aliphatic rings. The van der Waals surface area contributed by atoms with Crippen molar-refractivity contribution in [3.8, 4) is 16.9 Å². The predicted molar refractivity (Wildman–Crippen MR) is 106 cm³/mol. The molecule has 0 aliphatic heterocycles. The SMILES string of the molecule is O=Cc1cnc2c(C(F)(F)F)cccc2c1-c1cccc(OCc2ccccn2)c1. The second-order valence-electron chi connectivity index (χ2n) is 6.54. The summed E-state index contributed by atoms with van der Waals surface area (Å²) < 4.78 is 46.0. The van der Waals surface area contributed by atoms with Crippen LogP contribution in [0.1, 0.15) is 21.6 Å². The Morgan fingerprint density at radius 2 is 1.80 bits per heavy atom. The third-order valence-electron chi connectivity index (χ3n) is 4.59. The number of hydrogen-bond acceptors (Lipinski definition) is 4. The largest absolute Gasteiger partial charge is 0.487 e. The van der Waals surface area contributed by atoms with Crippen molar-refractivity contribution in [2.24, 2.45) is 0 Å². The number of alkyl halides is 3. The van der Waals surface area contributed by atoms with E-state index in [0.717, 1.165) is 11.8 Å². The highest BCUT2D eigenvalue weighted by Gasteiger charge is 2.33. The van der Waals surface area contributed by atoms with E-state index >= 15 is 0 Å². The summed E-state index contributed by atoms with van der Waals surface area (Å²) in [6, 6.07) is 16.1. The van der Waals surface area contributed by atoms with E-state index in [1.807, 2.05) is 12.1 Å². The second-order valence-corrected chi connectivity index (χ2v) is 6.54. The molecule has 0 bridgehead atoms. The molecule has 0 saturated carbocycles. The van der Waals surface area contributed by atoms with Gasteiger partial charge in [-0.1, -0.05) is 30.3 Å². The number of benzene rings is 2. The molecule has 0 saturated heterocycles. The minimum absolute atomic E-state index is 0.198. The topological polar surface area (TPSA) is 52.1 Å². The van der Waals surface area contributed by atoms with Crippen molar-refractivity contribution in [3.63, 3.8) is 0 Å². The van der Waals surface area contributed by atoms with E-state index in [1.54, 1.807) is 36.5 Å². The monoisotopic (exact) mass is 408 g/mol. The van der Waals surface area contributed by atoms with Crippen LogP contribution in [0, 0.1) is 0 Å². The van der Waals surface area contributed by atoms with E-state index in [4.69, 9.17) is 4.74 Å². The Balaban J connectivity index is 1.80. The zero-order valence-electron chi connectivity index (χ0n) is 15.6. The van der Waals surface area contributed by atoms with Gasteiger partial charge in [0, 0.05) is 28.9 Å². The number of nitrogens with zero attached hydrogens (tertiary/aromatic N) is 2. The summed E-state index contributed by atoms with van der Waals surface area (Å²) in [5.41, 5.74) is 0.822. The normalized spacial score (nSPS) is 11.4. The van der Waals surface area contributed by atoms with E-state index in [9.17, 15) is 18.0 Å². The maximum absolute atomic E-state index is 13.4. The van der Waals surface area contributed by atoms with Crippen molar-refractivity contribution in [3.05, 3.63) is 89.9 Å². The van der Waals surface area contributed by atoms with Gasteiger partial charge >= 0.3 is 6.18 Å². The lowest BCUT2D eigenvalue weighted by atomic mass is 9.95. The van der Waals surface area contributed by atoms with E-state index in [1.165, 1.54) is 18.3 Å². The summed E-state index contributed by atoms with van der Waals surface area (Å²) in [5.74, 6) is 0.506. The molecular formula is C23H15F3N2O2. The summed E-state index contributed by atoms with van der Waals surface area (Å²) in [4.78, 5) is 19.7. The molecule has 0 unspecified atom stereocenters. The fourth-order valence-electron chi connectivity index (χ4n) is 3.26. The molecule has 30 heavy (non-hydrogen) atoms. The van der Waals surface area contributed by atoms with Crippen LogP contribution >= 0.6 is 0 Å². The van der Waals surface area contributed by atoms with Gasteiger partial charge in [0.15, 0.2) is 6.29 Å². The number of aromatic nitrogens is 2. The van der Waals surface area contributed by atoms with Gasteiger partial charge in [0.2, 0.25) is 0 Å². The lowest BCUT2D eigenvalue weighted by Gasteiger charge is -2.14. The van der Waals surface area contributed by atoms with Crippen molar-refractivity contribution >= 4 is 17.2 Å². The predicted octanol–water partition coefficient (Wildman–Crippen LogP) is 5.71. The van der Waals surface area contributed by atoms with Gasteiger partial charge in [0.05, 0.1) is 16.8 Å². The molecule has 4 aromatic rings. The first kappa shape index (κ1) is 19.6. The fraction of sp³-hybridized carbons (Fsp3) is 0.0870. The quantitative estimate of drug-likeness (QED) is 0.397. The van der Waals surface area contributed by atoms with Gasteiger partial charge in [-0.25, -0.2) is 0 Å². The van der Waals surface area contributed by atoms with Crippen LogP contribution in [0.15, 0.2) is 73.1 Å². The number of carbonyl (C=O) groups excluding carboxylic acids is 1. The highest BCUT2D eigenvalue weighted by molar-refractivity contribution is 6.03. The Morgan fingerprint density at radius 1 is 0.967 bits per heavy atom. The lowest BCUT2D eigenvalue weighted by molar-refractivity contribution is -0.136. The molecular weight excluding hydrogens is 393 g/mol. The van der Waals surface area contributed by atoms with Gasteiger partial charge in [0.1, 0.15) is 12.4 Å². The Bertz CT molecular complexity index is 1210. The summed E-state index contributed by atoms with van der Waals surface area (Å²) >= 11 is 0. The van der Waals surface area contributed by atoms with Gasteiger partial charge in [-0.15, -0.1) is 0 Å². The first-order valence-electron chi connectivity index (χ1n) is 9.04. The van der Waals surface area contributed by atoms with Crippen LogP contribution in [-0.4, -0.2) is 16.3 Å². The molecule has 2 aromatic heterocycles. The third kappa shape index (κ3) is 3.87. The van der Waals surface area contributed by atoms with Crippen LogP contribution in [0.5, 0.6) is 5.75 Å². The van der Waals surface area contributed by atoms with Gasteiger partial charge < -0.3 is 4.74 Å². The number of halogens is 3. The molecule has 0 N–H and O–H groups in total. The smallest absolute Gasteiger partial charge is 0.418 e. The number of pyridine rings is 2. The molecule has 4 rings (SSSR count). The van der Waals surface area contributed by atoms with Crippen LogP contribution in [0.3, 0.4) is 0 Å². The number of rotatable bonds is 5. The van der Waals surface area contributed by atoms with Crippen LogP contribution in [-0.2, 0) is 12.8 Å². The summed E-state index contributed by atoms with van der Waals surface area (Å²) in [6.45, 7) is 0.236. The highest BCUT2D eigenvalue weighted by Crippen LogP contribution is 2.38. The van der Waals surface area contributed by atoms with E-state index in [0.29, 0.717) is 23.2 Å². The number of carbonyl (C=O) groups is 1. The molecule has 0 amide bonds. The Labute approximate surface area is 170 Å². The molecule has 2 heterocycles. The van der Waals surface area contributed by atoms with Crippen LogP contribution in [0.4, 0.5) is 13.2 Å². The molecule has 0 aliphatic carbocycles. The van der Waals surface area contributed by atoms with E-state index in [-0.39, 0.29) is 23.1 Å². The summed E-state index contributed by atoms with van der Waals surface area (Å²) in [5, 5.41) is 0.247. The summed E-state index contributed by atoms with van der Waals surface area (Å²) in [7, 11) is 0. The average molecular weight is 408 g/mol. The standard InChI is InChI=1S/C23H15F3N2O2/c24-23(25,26)20-9-4-8-19-21(16(13-29)12-28-22(19)20)15-5-3-7-18(11-15)30-14-17-6-1-2-10-27-17/h1-13H,14H2. The van der Waals surface area contributed by atoms with Crippen LogP contribution in [0.25, 0.3) is 22.0 Å². The van der Waals surface area contributed by atoms with Gasteiger partial charge in [-0.2, -0.15) is 13.2 Å². The van der Waals surface area contributed by atoms with Crippen molar-refractivity contribution in [1.29, 1.82) is 0 Å². The zero-order chi connectivity index (χ0) is 21.1. The van der Waals surface area contributed by atoms with Crippen LogP contribution in [0.2, 0.25) is 0 Å². The summed E-state index contributed by atoms with van der Waals surface area (Å²) in [6.07, 6.45) is -1.14. The Hall–Kier alpha value is -3.74. The number of hydrogen-bond donors (Lipinski definition) is 0. The number of para-hydroxylation sites is 1. The molecule has 0 radical (unpaired) electrons. The second kappa shape index (κ2) is 7.94. The molecule has 150 valence electrons. The zero-order valence-corrected chi connectivity index (χ0v) is 15.6. The number of aldehydes is 1. The Morgan fingerprint density at radius 3 is 2.53 bits per heavy atom. The van der Waals surface area contributed by atoms with E-state index < -0.39 is 11.7 Å². The number of ether oxygens (including phenoxy) is 1. The molecule has 0 atom stereocenters. The fourth-order valence-corrected chi connectivity index (χ4v) is 3.26. The van der Waals surface area contributed by atoms with Crippen molar-refractivity contribution in [2.75, 3.05) is 0 Å².